The van der Waals surface area contributed by atoms with Gasteiger partial charge in [0.15, 0.2) is 0 Å². The van der Waals surface area contributed by atoms with Crippen LogP contribution >= 0.6 is 11.8 Å². The van der Waals surface area contributed by atoms with E-state index in [0.29, 0.717) is 5.95 Å². The topological polar surface area (TPSA) is 49.8 Å². The average Bonchev–Trinajstić information content (AvgIpc) is 2.40. The second-order valence-corrected chi connectivity index (χ2v) is 4.53. The van der Waals surface area contributed by atoms with Crippen LogP contribution in [0, 0.1) is 0 Å². The fraction of sp³-hybridized carbons (Fsp3) is 0.231. The van der Waals surface area contributed by atoms with E-state index in [1.807, 2.05) is 25.1 Å². The molecule has 2 rings (SSSR count). The molecule has 0 radical (unpaired) electrons. The van der Waals surface area contributed by atoms with Crippen molar-refractivity contribution in [3.05, 3.63) is 36.5 Å². The molecule has 0 saturated carbocycles. The highest BCUT2D eigenvalue weighted by Crippen LogP contribution is 2.20. The van der Waals surface area contributed by atoms with Gasteiger partial charge in [-0.05, 0) is 43.5 Å². The smallest absolute Gasteiger partial charge is 0.224 e. The Kier molecular flexibility index (Phi) is 4.41. The summed E-state index contributed by atoms with van der Waals surface area (Å²) in [5.41, 5.74) is 1.02. The molecule has 94 valence electrons. The lowest BCUT2D eigenvalue weighted by molar-refractivity contribution is 1.09. The molecule has 0 fully saturated rings. The maximum Gasteiger partial charge on any atom is 0.224 e. The molecule has 1 aromatic carbocycles. The lowest BCUT2D eigenvalue weighted by atomic mass is 10.3. The van der Waals surface area contributed by atoms with Gasteiger partial charge in [0.2, 0.25) is 5.95 Å². The zero-order chi connectivity index (χ0) is 12.8. The summed E-state index contributed by atoms with van der Waals surface area (Å²) in [7, 11) is 0. The molecule has 0 atom stereocenters. The number of hydrogen-bond donors (Lipinski definition) is 2. The highest BCUT2D eigenvalue weighted by molar-refractivity contribution is 7.98. The Morgan fingerprint density at radius 3 is 2.61 bits per heavy atom. The van der Waals surface area contributed by atoms with Gasteiger partial charge in [-0.1, -0.05) is 0 Å². The fourth-order valence-electron chi connectivity index (χ4n) is 1.49. The zero-order valence-electron chi connectivity index (χ0n) is 10.5. The van der Waals surface area contributed by atoms with E-state index in [4.69, 9.17) is 0 Å². The summed E-state index contributed by atoms with van der Waals surface area (Å²) in [5, 5.41) is 6.34. The fourth-order valence-corrected chi connectivity index (χ4v) is 1.90. The SMILES string of the molecule is CCNc1nccc(Nc2ccc(SC)cc2)n1. The van der Waals surface area contributed by atoms with Crippen LogP contribution in [0.5, 0.6) is 0 Å². The summed E-state index contributed by atoms with van der Waals surface area (Å²) >= 11 is 1.73. The molecule has 0 saturated heterocycles. The first kappa shape index (κ1) is 12.7. The van der Waals surface area contributed by atoms with Crippen LogP contribution in [0.3, 0.4) is 0 Å². The van der Waals surface area contributed by atoms with Crippen molar-refractivity contribution < 1.29 is 0 Å². The van der Waals surface area contributed by atoms with Crippen LogP contribution in [0.1, 0.15) is 6.92 Å². The predicted octanol–water partition coefficient (Wildman–Crippen LogP) is 3.37. The molecule has 0 unspecified atom stereocenters. The summed E-state index contributed by atoms with van der Waals surface area (Å²) in [6.45, 7) is 2.83. The Bertz CT molecular complexity index is 499. The van der Waals surface area contributed by atoms with Crippen molar-refractivity contribution in [3.8, 4) is 0 Å². The molecule has 0 aliphatic heterocycles. The summed E-state index contributed by atoms with van der Waals surface area (Å²) in [6, 6.07) is 10.1. The minimum absolute atomic E-state index is 0.642. The number of anilines is 3. The molecule has 0 spiro atoms. The first-order valence-corrected chi connectivity index (χ1v) is 7.02. The molecular weight excluding hydrogens is 244 g/mol. The Morgan fingerprint density at radius 2 is 1.94 bits per heavy atom. The van der Waals surface area contributed by atoms with Gasteiger partial charge in [0, 0.05) is 23.3 Å². The number of hydrogen-bond acceptors (Lipinski definition) is 5. The monoisotopic (exact) mass is 260 g/mol. The van der Waals surface area contributed by atoms with Crippen molar-refractivity contribution in [2.24, 2.45) is 0 Å². The van der Waals surface area contributed by atoms with Crippen LogP contribution in [-0.4, -0.2) is 22.8 Å². The van der Waals surface area contributed by atoms with Gasteiger partial charge in [0.05, 0.1) is 0 Å². The summed E-state index contributed by atoms with van der Waals surface area (Å²) in [6.07, 6.45) is 3.80. The maximum absolute atomic E-state index is 4.36. The molecule has 1 aromatic heterocycles. The maximum atomic E-state index is 4.36. The minimum atomic E-state index is 0.642. The van der Waals surface area contributed by atoms with Crippen LogP contribution in [0.2, 0.25) is 0 Å². The molecule has 2 N–H and O–H groups in total. The number of nitrogens with one attached hydrogen (secondary N) is 2. The summed E-state index contributed by atoms with van der Waals surface area (Å²) in [5.74, 6) is 1.43. The third kappa shape index (κ3) is 3.37. The molecule has 2 aromatic rings. The Labute approximate surface area is 111 Å². The molecule has 0 bridgehead atoms. The highest BCUT2D eigenvalue weighted by atomic mass is 32.2. The molecule has 4 nitrogen and oxygen atoms in total. The quantitative estimate of drug-likeness (QED) is 0.807. The third-order valence-corrected chi connectivity index (χ3v) is 3.10. The Morgan fingerprint density at radius 1 is 1.17 bits per heavy atom. The second kappa shape index (κ2) is 6.26. The summed E-state index contributed by atoms with van der Waals surface area (Å²) in [4.78, 5) is 9.74. The predicted molar refractivity (Wildman–Crippen MR) is 77.7 cm³/mol. The van der Waals surface area contributed by atoms with E-state index in [1.165, 1.54) is 4.90 Å². The lowest BCUT2D eigenvalue weighted by Crippen LogP contribution is -2.03. The first-order valence-electron chi connectivity index (χ1n) is 5.80. The second-order valence-electron chi connectivity index (χ2n) is 3.65. The molecule has 0 aliphatic carbocycles. The van der Waals surface area contributed by atoms with Crippen molar-refractivity contribution in [2.75, 3.05) is 23.4 Å². The van der Waals surface area contributed by atoms with E-state index in [1.54, 1.807) is 18.0 Å². The molecular formula is C13H16N4S. The van der Waals surface area contributed by atoms with Gasteiger partial charge in [0.25, 0.3) is 0 Å². The zero-order valence-corrected chi connectivity index (χ0v) is 11.3. The van der Waals surface area contributed by atoms with E-state index in [2.05, 4.69) is 39.0 Å². The lowest BCUT2D eigenvalue weighted by Gasteiger charge is -2.07. The Hall–Kier alpha value is -1.75. The van der Waals surface area contributed by atoms with E-state index in [0.717, 1.165) is 18.1 Å². The number of nitrogens with zero attached hydrogens (tertiary/aromatic N) is 2. The largest absolute Gasteiger partial charge is 0.354 e. The molecule has 5 heteroatoms. The normalized spacial score (nSPS) is 10.1. The van der Waals surface area contributed by atoms with Gasteiger partial charge < -0.3 is 10.6 Å². The van der Waals surface area contributed by atoms with Crippen LogP contribution in [0.15, 0.2) is 41.4 Å². The van der Waals surface area contributed by atoms with E-state index < -0.39 is 0 Å². The van der Waals surface area contributed by atoms with E-state index >= 15 is 0 Å². The number of benzene rings is 1. The number of thioether (sulfide) groups is 1. The van der Waals surface area contributed by atoms with Crippen LogP contribution < -0.4 is 10.6 Å². The standard InChI is InChI=1S/C13H16N4S/c1-3-14-13-15-9-8-12(17-13)16-10-4-6-11(18-2)7-5-10/h4-9H,3H2,1-2H3,(H2,14,15,16,17). The van der Waals surface area contributed by atoms with Crippen LogP contribution in [0.4, 0.5) is 17.5 Å². The van der Waals surface area contributed by atoms with Crippen molar-refractivity contribution in [3.63, 3.8) is 0 Å². The van der Waals surface area contributed by atoms with E-state index in [9.17, 15) is 0 Å². The van der Waals surface area contributed by atoms with Crippen molar-refractivity contribution in [1.82, 2.24) is 9.97 Å². The van der Waals surface area contributed by atoms with Crippen molar-refractivity contribution in [1.29, 1.82) is 0 Å². The van der Waals surface area contributed by atoms with Crippen molar-refractivity contribution >= 4 is 29.2 Å². The van der Waals surface area contributed by atoms with Crippen molar-refractivity contribution in [2.45, 2.75) is 11.8 Å². The van der Waals surface area contributed by atoms with Crippen LogP contribution in [0.25, 0.3) is 0 Å². The average molecular weight is 260 g/mol. The van der Waals surface area contributed by atoms with Gasteiger partial charge in [-0.3, -0.25) is 0 Å². The number of aromatic nitrogens is 2. The number of rotatable bonds is 5. The van der Waals surface area contributed by atoms with Gasteiger partial charge in [-0.25, -0.2) is 4.98 Å². The van der Waals surface area contributed by atoms with Crippen LogP contribution in [-0.2, 0) is 0 Å². The molecule has 0 aliphatic rings. The highest BCUT2D eigenvalue weighted by Gasteiger charge is 1.99. The minimum Gasteiger partial charge on any atom is -0.354 e. The van der Waals surface area contributed by atoms with Gasteiger partial charge >= 0.3 is 0 Å². The van der Waals surface area contributed by atoms with Gasteiger partial charge in [-0.2, -0.15) is 4.98 Å². The molecule has 18 heavy (non-hydrogen) atoms. The first-order chi connectivity index (χ1) is 8.81. The molecule has 0 amide bonds. The van der Waals surface area contributed by atoms with Gasteiger partial charge in [-0.15, -0.1) is 11.8 Å². The summed E-state index contributed by atoms with van der Waals surface area (Å²) < 4.78 is 0. The third-order valence-electron chi connectivity index (χ3n) is 2.35. The van der Waals surface area contributed by atoms with E-state index in [-0.39, 0.29) is 0 Å². The van der Waals surface area contributed by atoms with Gasteiger partial charge in [0.1, 0.15) is 5.82 Å². The Balaban J connectivity index is 2.09. The molecule has 1 heterocycles.